The molecule has 0 aromatic heterocycles. The molecule has 0 radical (unpaired) electrons. The van der Waals surface area contributed by atoms with Crippen LogP contribution in [-0.4, -0.2) is 37.7 Å². The Hall–Kier alpha value is -0.970. The van der Waals surface area contributed by atoms with Gasteiger partial charge in [-0.3, -0.25) is 4.90 Å². The Morgan fingerprint density at radius 1 is 1.29 bits per heavy atom. The van der Waals surface area contributed by atoms with Crippen LogP contribution >= 0.6 is 0 Å². The van der Waals surface area contributed by atoms with E-state index in [1.165, 1.54) is 6.07 Å². The molecule has 0 amide bonds. The van der Waals surface area contributed by atoms with Gasteiger partial charge in [0.25, 0.3) is 0 Å². The molecule has 3 nitrogen and oxygen atoms in total. The third-order valence-corrected chi connectivity index (χ3v) is 4.10. The minimum absolute atomic E-state index is 0.107. The Kier molecular flexibility index (Phi) is 7.86. The third kappa shape index (κ3) is 4.77. The number of ether oxygens (including phenoxy) is 1. The van der Waals surface area contributed by atoms with Gasteiger partial charge in [-0.1, -0.05) is 31.5 Å². The van der Waals surface area contributed by atoms with Crippen LogP contribution < -0.4 is 5.73 Å². The van der Waals surface area contributed by atoms with Crippen LogP contribution in [0.25, 0.3) is 0 Å². The molecule has 0 bridgehead atoms. The van der Waals surface area contributed by atoms with E-state index in [-0.39, 0.29) is 11.9 Å². The lowest BCUT2D eigenvalue weighted by Crippen LogP contribution is -2.43. The molecule has 0 heterocycles. The highest BCUT2D eigenvalue weighted by Gasteiger charge is 2.26. The molecule has 0 aliphatic heterocycles. The number of nitrogens with two attached hydrogens (primary N) is 1. The number of benzene rings is 1. The molecule has 21 heavy (non-hydrogen) atoms. The Labute approximate surface area is 128 Å². The van der Waals surface area contributed by atoms with Crippen molar-refractivity contribution in [1.29, 1.82) is 0 Å². The molecule has 1 aromatic rings. The molecule has 120 valence electrons. The summed E-state index contributed by atoms with van der Waals surface area (Å²) >= 11 is 0. The van der Waals surface area contributed by atoms with Crippen LogP contribution in [0.5, 0.6) is 0 Å². The molecule has 1 unspecified atom stereocenters. The maximum Gasteiger partial charge on any atom is 0.128 e. The second-order valence-corrected chi connectivity index (χ2v) is 5.48. The van der Waals surface area contributed by atoms with Gasteiger partial charge in [0.05, 0.1) is 12.6 Å². The highest BCUT2D eigenvalue weighted by Crippen LogP contribution is 2.27. The zero-order valence-corrected chi connectivity index (χ0v) is 13.7. The van der Waals surface area contributed by atoms with E-state index in [0.29, 0.717) is 24.8 Å². The van der Waals surface area contributed by atoms with E-state index in [0.717, 1.165) is 24.9 Å². The molecule has 0 aliphatic rings. The lowest BCUT2D eigenvalue weighted by Gasteiger charge is -2.37. The fourth-order valence-corrected chi connectivity index (χ4v) is 2.91. The lowest BCUT2D eigenvalue weighted by molar-refractivity contribution is 0.0803. The van der Waals surface area contributed by atoms with Gasteiger partial charge < -0.3 is 10.5 Å². The Morgan fingerprint density at radius 3 is 2.48 bits per heavy atom. The van der Waals surface area contributed by atoms with Gasteiger partial charge in [0.15, 0.2) is 0 Å². The van der Waals surface area contributed by atoms with Crippen LogP contribution in [0.3, 0.4) is 0 Å². The molecule has 0 saturated carbocycles. The summed E-state index contributed by atoms with van der Waals surface area (Å²) in [6.45, 7) is 8.09. The van der Waals surface area contributed by atoms with Gasteiger partial charge in [0, 0.05) is 31.8 Å². The fraction of sp³-hybridized carbons (Fsp3) is 0.647. The average Bonchev–Trinajstić information content (AvgIpc) is 2.49. The van der Waals surface area contributed by atoms with Gasteiger partial charge in [0.2, 0.25) is 0 Å². The number of hydrogen-bond acceptors (Lipinski definition) is 3. The number of hydrogen-bond donors (Lipinski definition) is 1. The van der Waals surface area contributed by atoms with Crippen LogP contribution in [0.1, 0.15) is 43.9 Å². The first-order valence-electron chi connectivity index (χ1n) is 7.79. The summed E-state index contributed by atoms with van der Waals surface area (Å²) in [4.78, 5) is 2.29. The molecule has 0 aliphatic carbocycles. The summed E-state index contributed by atoms with van der Waals surface area (Å²) < 4.78 is 19.5. The van der Waals surface area contributed by atoms with E-state index in [9.17, 15) is 4.39 Å². The van der Waals surface area contributed by atoms with Crippen LogP contribution in [0.2, 0.25) is 0 Å². The highest BCUT2D eigenvalue weighted by molar-refractivity contribution is 5.27. The molecule has 1 aromatic carbocycles. The zero-order valence-electron chi connectivity index (χ0n) is 13.7. The van der Waals surface area contributed by atoms with Crippen LogP contribution in [0.15, 0.2) is 18.2 Å². The second-order valence-electron chi connectivity index (χ2n) is 5.48. The molecular weight excluding hydrogens is 267 g/mol. The Balaban J connectivity index is 3.12. The van der Waals surface area contributed by atoms with Gasteiger partial charge in [-0.15, -0.1) is 0 Å². The van der Waals surface area contributed by atoms with Crippen molar-refractivity contribution in [3.05, 3.63) is 35.1 Å². The van der Waals surface area contributed by atoms with Gasteiger partial charge in [-0.2, -0.15) is 0 Å². The van der Waals surface area contributed by atoms with Crippen molar-refractivity contribution in [2.45, 2.75) is 45.7 Å². The molecule has 0 spiro atoms. The number of rotatable bonds is 9. The first-order valence-corrected chi connectivity index (χ1v) is 7.79. The number of aryl methyl sites for hydroxylation is 1. The number of methoxy groups -OCH3 is 1. The van der Waals surface area contributed by atoms with Crippen molar-refractivity contribution in [3.8, 4) is 0 Å². The van der Waals surface area contributed by atoms with E-state index in [1.54, 1.807) is 13.2 Å². The van der Waals surface area contributed by atoms with Crippen LogP contribution in [0, 0.1) is 12.7 Å². The minimum atomic E-state index is -0.176. The predicted molar refractivity (Wildman–Crippen MR) is 85.9 cm³/mol. The first kappa shape index (κ1) is 18.1. The summed E-state index contributed by atoms with van der Waals surface area (Å²) in [7, 11) is 1.69. The Morgan fingerprint density at radius 2 is 1.95 bits per heavy atom. The smallest absolute Gasteiger partial charge is 0.128 e. The van der Waals surface area contributed by atoms with Crippen molar-refractivity contribution < 1.29 is 9.13 Å². The standard InChI is InChI=1S/C17H29FN2O/c1-5-14(6-2)20(9-10-21-4)17(12-19)15-11-13(3)7-8-16(15)18/h7-8,11,14,17H,5-6,9-10,12,19H2,1-4H3. The van der Waals surface area contributed by atoms with E-state index < -0.39 is 0 Å². The first-order chi connectivity index (χ1) is 10.1. The number of nitrogens with zero attached hydrogens (tertiary/aromatic N) is 1. The average molecular weight is 296 g/mol. The normalized spacial score (nSPS) is 13.1. The van der Waals surface area contributed by atoms with E-state index in [4.69, 9.17) is 10.5 Å². The van der Waals surface area contributed by atoms with Crippen LogP contribution in [-0.2, 0) is 4.74 Å². The van der Waals surface area contributed by atoms with E-state index >= 15 is 0 Å². The molecule has 1 atom stereocenters. The van der Waals surface area contributed by atoms with Crippen molar-refractivity contribution in [2.75, 3.05) is 26.8 Å². The third-order valence-electron chi connectivity index (χ3n) is 4.10. The predicted octanol–water partition coefficient (Wildman–Crippen LogP) is 3.27. The SMILES string of the molecule is CCC(CC)N(CCOC)C(CN)c1cc(C)ccc1F. The van der Waals surface area contributed by atoms with Gasteiger partial charge in [-0.25, -0.2) is 4.39 Å². The van der Waals surface area contributed by atoms with Gasteiger partial charge in [-0.05, 0) is 25.8 Å². The second kappa shape index (κ2) is 9.13. The molecular formula is C17H29FN2O. The van der Waals surface area contributed by atoms with Crippen molar-refractivity contribution >= 4 is 0 Å². The molecule has 0 saturated heterocycles. The zero-order chi connectivity index (χ0) is 15.8. The summed E-state index contributed by atoms with van der Waals surface area (Å²) in [5.41, 5.74) is 7.75. The Bertz CT molecular complexity index is 421. The van der Waals surface area contributed by atoms with Gasteiger partial charge in [0.1, 0.15) is 5.82 Å². The quantitative estimate of drug-likeness (QED) is 0.760. The molecule has 4 heteroatoms. The van der Waals surface area contributed by atoms with Crippen molar-refractivity contribution in [2.24, 2.45) is 5.73 Å². The minimum Gasteiger partial charge on any atom is -0.383 e. The molecule has 1 rings (SSSR count). The topological polar surface area (TPSA) is 38.5 Å². The molecule has 0 fully saturated rings. The monoisotopic (exact) mass is 296 g/mol. The summed E-state index contributed by atoms with van der Waals surface area (Å²) in [5.74, 6) is -0.176. The van der Waals surface area contributed by atoms with Gasteiger partial charge >= 0.3 is 0 Å². The lowest BCUT2D eigenvalue weighted by atomic mass is 9.99. The maximum atomic E-state index is 14.2. The largest absolute Gasteiger partial charge is 0.383 e. The van der Waals surface area contributed by atoms with Crippen LogP contribution in [0.4, 0.5) is 4.39 Å². The fourth-order valence-electron chi connectivity index (χ4n) is 2.91. The summed E-state index contributed by atoms with van der Waals surface area (Å²) in [6, 6.07) is 5.52. The van der Waals surface area contributed by atoms with Crippen molar-refractivity contribution in [3.63, 3.8) is 0 Å². The van der Waals surface area contributed by atoms with E-state index in [1.807, 2.05) is 13.0 Å². The van der Waals surface area contributed by atoms with E-state index in [2.05, 4.69) is 18.7 Å². The highest BCUT2D eigenvalue weighted by atomic mass is 19.1. The maximum absolute atomic E-state index is 14.2. The van der Waals surface area contributed by atoms with Crippen molar-refractivity contribution in [1.82, 2.24) is 4.90 Å². The summed E-state index contributed by atoms with van der Waals surface area (Å²) in [5, 5.41) is 0. The summed E-state index contributed by atoms with van der Waals surface area (Å²) in [6.07, 6.45) is 2.04. The molecule has 2 N–H and O–H groups in total. The number of halogens is 1.